The first kappa shape index (κ1) is 12.1. The van der Waals surface area contributed by atoms with Gasteiger partial charge in [-0.3, -0.25) is 9.59 Å². The highest BCUT2D eigenvalue weighted by Crippen LogP contribution is 2.24. The van der Waals surface area contributed by atoms with Crippen molar-refractivity contribution in [2.24, 2.45) is 5.73 Å². The SMILES string of the molecule is Cc1nc(C(=O)CCCC(N)=O)c(Cl)s1. The van der Waals surface area contributed by atoms with Gasteiger partial charge in [-0.1, -0.05) is 11.6 Å². The molecule has 6 heteroatoms. The molecule has 1 aromatic heterocycles. The van der Waals surface area contributed by atoms with Gasteiger partial charge in [-0.15, -0.1) is 11.3 Å². The van der Waals surface area contributed by atoms with Gasteiger partial charge in [-0.25, -0.2) is 4.98 Å². The van der Waals surface area contributed by atoms with E-state index < -0.39 is 5.91 Å². The summed E-state index contributed by atoms with van der Waals surface area (Å²) >= 11 is 7.10. The molecule has 0 spiro atoms. The Morgan fingerprint density at radius 1 is 1.47 bits per heavy atom. The number of halogens is 1. The number of carbonyl (C=O) groups excluding carboxylic acids is 2. The minimum Gasteiger partial charge on any atom is -0.370 e. The van der Waals surface area contributed by atoms with Crippen LogP contribution in [0.1, 0.15) is 34.8 Å². The summed E-state index contributed by atoms with van der Waals surface area (Å²) in [7, 11) is 0. The molecule has 0 aliphatic rings. The second-order valence-electron chi connectivity index (χ2n) is 3.10. The molecule has 1 rings (SSSR count). The Bertz CT molecular complexity index is 389. The summed E-state index contributed by atoms with van der Waals surface area (Å²) in [6.45, 7) is 1.79. The number of Topliss-reactive ketones (excluding diaryl/α,β-unsaturated/α-hetero) is 1. The second-order valence-corrected chi connectivity index (χ2v) is 4.90. The molecule has 82 valence electrons. The van der Waals surface area contributed by atoms with Crippen molar-refractivity contribution in [3.63, 3.8) is 0 Å². The highest BCUT2D eigenvalue weighted by atomic mass is 35.5. The maximum absolute atomic E-state index is 11.6. The predicted molar refractivity (Wildman–Crippen MR) is 59.2 cm³/mol. The van der Waals surface area contributed by atoms with E-state index in [4.69, 9.17) is 17.3 Å². The molecule has 15 heavy (non-hydrogen) atoms. The van der Waals surface area contributed by atoms with Crippen molar-refractivity contribution in [2.75, 3.05) is 0 Å². The van der Waals surface area contributed by atoms with Gasteiger partial charge in [-0.05, 0) is 13.3 Å². The average Bonchev–Trinajstić information content (AvgIpc) is 2.44. The van der Waals surface area contributed by atoms with Gasteiger partial charge in [0.25, 0.3) is 0 Å². The lowest BCUT2D eigenvalue weighted by atomic mass is 10.1. The fourth-order valence-corrected chi connectivity index (χ4v) is 2.25. The number of nitrogens with zero attached hydrogens (tertiary/aromatic N) is 1. The van der Waals surface area contributed by atoms with E-state index in [1.165, 1.54) is 11.3 Å². The third-order valence-electron chi connectivity index (χ3n) is 1.78. The third-order valence-corrected chi connectivity index (χ3v) is 2.95. The van der Waals surface area contributed by atoms with E-state index in [1.807, 2.05) is 0 Å². The number of amides is 1. The van der Waals surface area contributed by atoms with E-state index in [2.05, 4.69) is 4.98 Å². The van der Waals surface area contributed by atoms with Gasteiger partial charge in [0, 0.05) is 12.8 Å². The number of nitrogens with two attached hydrogens (primary N) is 1. The summed E-state index contributed by atoms with van der Waals surface area (Å²) in [4.78, 5) is 26.1. The quantitative estimate of drug-likeness (QED) is 0.807. The summed E-state index contributed by atoms with van der Waals surface area (Å²) in [6, 6.07) is 0. The molecule has 0 fully saturated rings. The number of rotatable bonds is 5. The van der Waals surface area contributed by atoms with Crippen LogP contribution < -0.4 is 5.73 Å². The predicted octanol–water partition coefficient (Wildman–Crippen LogP) is 1.94. The number of thiazole rings is 1. The lowest BCUT2D eigenvalue weighted by Crippen LogP contribution is -2.11. The fourth-order valence-electron chi connectivity index (χ4n) is 1.12. The molecule has 4 nitrogen and oxygen atoms in total. The second kappa shape index (κ2) is 5.23. The molecule has 0 aromatic carbocycles. The summed E-state index contributed by atoms with van der Waals surface area (Å²) in [5.41, 5.74) is 5.27. The summed E-state index contributed by atoms with van der Waals surface area (Å²) < 4.78 is 0.413. The van der Waals surface area contributed by atoms with Crippen LogP contribution in [0.5, 0.6) is 0 Å². The first-order chi connectivity index (χ1) is 7.00. The van der Waals surface area contributed by atoms with E-state index in [-0.39, 0.29) is 18.6 Å². The Morgan fingerprint density at radius 3 is 2.60 bits per heavy atom. The zero-order valence-electron chi connectivity index (χ0n) is 8.25. The Hall–Kier alpha value is -0.940. The van der Waals surface area contributed by atoms with Crippen LogP contribution in [0.15, 0.2) is 0 Å². The maximum Gasteiger partial charge on any atom is 0.217 e. The molecule has 0 radical (unpaired) electrons. The number of primary amides is 1. The van der Waals surface area contributed by atoms with Crippen molar-refractivity contribution in [3.8, 4) is 0 Å². The molecular formula is C9H11ClN2O2S. The Morgan fingerprint density at radius 2 is 2.13 bits per heavy atom. The first-order valence-corrected chi connectivity index (χ1v) is 5.64. The van der Waals surface area contributed by atoms with Gasteiger partial charge in [0.15, 0.2) is 5.78 Å². The molecule has 0 atom stereocenters. The van der Waals surface area contributed by atoms with Crippen molar-refractivity contribution in [1.29, 1.82) is 0 Å². The molecule has 0 unspecified atom stereocenters. The lowest BCUT2D eigenvalue weighted by Gasteiger charge is -1.96. The van der Waals surface area contributed by atoms with Crippen LogP contribution in [-0.4, -0.2) is 16.7 Å². The number of aryl methyl sites for hydroxylation is 1. The maximum atomic E-state index is 11.6. The summed E-state index contributed by atoms with van der Waals surface area (Å²) in [5.74, 6) is -0.533. The molecule has 0 bridgehead atoms. The van der Waals surface area contributed by atoms with Gasteiger partial charge in [0.05, 0.1) is 5.01 Å². The van der Waals surface area contributed by atoms with E-state index in [9.17, 15) is 9.59 Å². The largest absolute Gasteiger partial charge is 0.370 e. The highest BCUT2D eigenvalue weighted by Gasteiger charge is 2.15. The zero-order chi connectivity index (χ0) is 11.4. The summed E-state index contributed by atoms with van der Waals surface area (Å²) in [6.07, 6.45) is 0.916. The van der Waals surface area contributed by atoms with Crippen LogP contribution in [0.3, 0.4) is 0 Å². The minimum atomic E-state index is -0.400. The number of ketones is 1. The topological polar surface area (TPSA) is 73.1 Å². The molecule has 0 saturated heterocycles. The Labute approximate surface area is 96.4 Å². The standard InChI is InChI=1S/C9H11ClN2O2S/c1-5-12-8(9(10)15-5)6(13)3-2-4-7(11)14/h2-4H2,1H3,(H2,11,14). The highest BCUT2D eigenvalue weighted by molar-refractivity contribution is 7.16. The van der Waals surface area contributed by atoms with E-state index in [0.29, 0.717) is 16.5 Å². The molecule has 2 N–H and O–H groups in total. The molecule has 0 aliphatic heterocycles. The number of hydrogen-bond acceptors (Lipinski definition) is 4. The monoisotopic (exact) mass is 246 g/mol. The van der Waals surface area contributed by atoms with Gasteiger partial charge in [-0.2, -0.15) is 0 Å². The van der Waals surface area contributed by atoms with E-state index in [0.717, 1.165) is 5.01 Å². The van der Waals surface area contributed by atoms with Gasteiger partial charge in [0.1, 0.15) is 10.0 Å². The number of aromatic nitrogens is 1. The third kappa shape index (κ3) is 3.60. The van der Waals surface area contributed by atoms with Crippen molar-refractivity contribution in [1.82, 2.24) is 4.98 Å². The zero-order valence-corrected chi connectivity index (χ0v) is 9.82. The Balaban J connectivity index is 2.54. The summed E-state index contributed by atoms with van der Waals surface area (Å²) in [5, 5.41) is 0.762. The van der Waals surface area contributed by atoms with Crippen molar-refractivity contribution >= 4 is 34.6 Å². The molecular weight excluding hydrogens is 236 g/mol. The molecule has 0 aliphatic carbocycles. The molecule has 1 aromatic rings. The number of hydrogen-bond donors (Lipinski definition) is 1. The van der Waals surface area contributed by atoms with Crippen molar-refractivity contribution in [3.05, 3.63) is 15.0 Å². The van der Waals surface area contributed by atoms with Crippen LogP contribution in [0, 0.1) is 6.92 Å². The fraction of sp³-hybridized carbons (Fsp3) is 0.444. The van der Waals surface area contributed by atoms with Crippen LogP contribution in [0.4, 0.5) is 0 Å². The molecule has 1 heterocycles. The van der Waals surface area contributed by atoms with E-state index >= 15 is 0 Å². The minimum absolute atomic E-state index is 0.134. The Kier molecular flexibility index (Phi) is 4.23. The molecule has 0 saturated carbocycles. The van der Waals surface area contributed by atoms with Gasteiger partial charge >= 0.3 is 0 Å². The van der Waals surface area contributed by atoms with Gasteiger partial charge in [0.2, 0.25) is 5.91 Å². The first-order valence-electron chi connectivity index (χ1n) is 4.45. The van der Waals surface area contributed by atoms with Crippen LogP contribution in [0.25, 0.3) is 0 Å². The average molecular weight is 247 g/mol. The molecule has 1 amide bonds. The lowest BCUT2D eigenvalue weighted by molar-refractivity contribution is -0.118. The normalized spacial score (nSPS) is 10.3. The number of carbonyl (C=O) groups is 2. The van der Waals surface area contributed by atoms with Crippen molar-refractivity contribution in [2.45, 2.75) is 26.2 Å². The smallest absolute Gasteiger partial charge is 0.217 e. The van der Waals surface area contributed by atoms with E-state index in [1.54, 1.807) is 6.92 Å². The van der Waals surface area contributed by atoms with Crippen LogP contribution >= 0.6 is 22.9 Å². The van der Waals surface area contributed by atoms with Crippen molar-refractivity contribution < 1.29 is 9.59 Å². The van der Waals surface area contributed by atoms with Gasteiger partial charge < -0.3 is 5.73 Å². The van der Waals surface area contributed by atoms with Crippen LogP contribution in [-0.2, 0) is 4.79 Å². The van der Waals surface area contributed by atoms with Crippen LogP contribution in [0.2, 0.25) is 4.34 Å².